The number of rotatable bonds is 5. The highest BCUT2D eigenvalue weighted by Crippen LogP contribution is 2.29. The average molecular weight is 378 g/mol. The molecule has 1 fully saturated rings. The first-order chi connectivity index (χ1) is 13.7. The molecular weight excluding hydrogens is 352 g/mol. The summed E-state index contributed by atoms with van der Waals surface area (Å²) in [6.45, 7) is 6.25. The lowest BCUT2D eigenvalue weighted by atomic mass is 10.1. The lowest BCUT2D eigenvalue weighted by molar-refractivity contribution is 0.248. The van der Waals surface area contributed by atoms with Gasteiger partial charge in [-0.05, 0) is 49.9 Å². The molecule has 0 bridgehead atoms. The van der Waals surface area contributed by atoms with Crippen molar-refractivity contribution in [2.24, 2.45) is 0 Å². The van der Waals surface area contributed by atoms with Crippen molar-refractivity contribution < 1.29 is 4.79 Å². The van der Waals surface area contributed by atoms with Gasteiger partial charge in [0.05, 0.1) is 11.7 Å². The molecule has 1 aromatic carbocycles. The van der Waals surface area contributed by atoms with E-state index in [9.17, 15) is 4.79 Å². The fourth-order valence-electron chi connectivity index (χ4n) is 3.78. The van der Waals surface area contributed by atoms with Gasteiger partial charge in [0, 0.05) is 43.1 Å². The van der Waals surface area contributed by atoms with Crippen molar-refractivity contribution in [2.75, 3.05) is 23.3 Å². The van der Waals surface area contributed by atoms with E-state index in [1.54, 1.807) is 6.20 Å². The van der Waals surface area contributed by atoms with Crippen LogP contribution in [-0.2, 0) is 0 Å². The fraction of sp³-hybridized carbons (Fsp3) is 0.381. The second kappa shape index (κ2) is 7.88. The Morgan fingerprint density at radius 2 is 2.07 bits per heavy atom. The topological polar surface area (TPSA) is 74.6 Å². The van der Waals surface area contributed by atoms with Crippen molar-refractivity contribution >= 4 is 23.2 Å². The van der Waals surface area contributed by atoms with Crippen LogP contribution in [0.25, 0.3) is 5.78 Å². The third kappa shape index (κ3) is 3.65. The summed E-state index contributed by atoms with van der Waals surface area (Å²) in [7, 11) is 0. The maximum atomic E-state index is 12.7. The third-order valence-electron chi connectivity index (χ3n) is 5.32. The molecular formula is C21H26N6O. The molecule has 1 aliphatic heterocycles. The second-order valence-electron chi connectivity index (χ2n) is 7.20. The summed E-state index contributed by atoms with van der Waals surface area (Å²) in [4.78, 5) is 23.8. The van der Waals surface area contributed by atoms with E-state index in [1.807, 2.05) is 41.9 Å². The van der Waals surface area contributed by atoms with Gasteiger partial charge in [0.2, 0.25) is 5.78 Å². The van der Waals surface area contributed by atoms with Crippen molar-refractivity contribution in [2.45, 2.75) is 39.2 Å². The number of nitrogens with one attached hydrogen (secondary N) is 2. The Labute approximate surface area is 164 Å². The monoisotopic (exact) mass is 378 g/mol. The molecule has 0 spiro atoms. The van der Waals surface area contributed by atoms with Gasteiger partial charge in [-0.3, -0.25) is 4.40 Å². The number of urea groups is 1. The van der Waals surface area contributed by atoms with Crippen LogP contribution in [0.15, 0.2) is 42.9 Å². The molecule has 1 atom stereocenters. The van der Waals surface area contributed by atoms with Crippen LogP contribution in [0.2, 0.25) is 0 Å². The molecule has 0 radical (unpaired) electrons. The van der Waals surface area contributed by atoms with Crippen molar-refractivity contribution in [1.82, 2.24) is 19.7 Å². The van der Waals surface area contributed by atoms with Crippen molar-refractivity contribution in [3.63, 3.8) is 0 Å². The minimum absolute atomic E-state index is 0.177. The van der Waals surface area contributed by atoms with E-state index in [2.05, 4.69) is 38.5 Å². The summed E-state index contributed by atoms with van der Waals surface area (Å²) in [5.41, 5.74) is 3.95. The Morgan fingerprint density at radius 1 is 1.25 bits per heavy atom. The van der Waals surface area contributed by atoms with Gasteiger partial charge in [-0.15, -0.1) is 0 Å². The first-order valence-electron chi connectivity index (χ1n) is 9.87. The van der Waals surface area contributed by atoms with Gasteiger partial charge in [0.25, 0.3) is 0 Å². The van der Waals surface area contributed by atoms with Crippen LogP contribution in [0.3, 0.4) is 0 Å². The zero-order valence-corrected chi connectivity index (χ0v) is 16.4. The molecule has 7 heteroatoms. The molecule has 2 N–H and O–H groups in total. The van der Waals surface area contributed by atoms with Crippen molar-refractivity contribution in [3.05, 3.63) is 54.1 Å². The Balaban J connectivity index is 1.48. The highest BCUT2D eigenvalue weighted by Gasteiger charge is 2.19. The van der Waals surface area contributed by atoms with Gasteiger partial charge in [-0.2, -0.15) is 0 Å². The van der Waals surface area contributed by atoms with Crippen molar-refractivity contribution in [3.8, 4) is 0 Å². The third-order valence-corrected chi connectivity index (χ3v) is 5.32. The second-order valence-corrected chi connectivity index (χ2v) is 7.20. The Morgan fingerprint density at radius 3 is 2.82 bits per heavy atom. The number of hydrogen-bond acceptors (Lipinski definition) is 4. The van der Waals surface area contributed by atoms with E-state index >= 15 is 0 Å². The number of aromatic nitrogens is 3. The number of anilines is 2. The summed E-state index contributed by atoms with van der Waals surface area (Å²) in [5, 5.41) is 6.06. The SMILES string of the molecule is CCC(NC(=O)Nc1cccc(N2CCCC2)c1C)c1cn2cccnc2n1. The van der Waals surface area contributed by atoms with E-state index in [0.29, 0.717) is 5.78 Å². The first kappa shape index (κ1) is 18.3. The van der Waals surface area contributed by atoms with Crippen molar-refractivity contribution in [1.29, 1.82) is 0 Å². The maximum absolute atomic E-state index is 12.7. The molecule has 2 aromatic heterocycles. The minimum Gasteiger partial charge on any atom is -0.371 e. The highest BCUT2D eigenvalue weighted by molar-refractivity contribution is 5.91. The summed E-state index contributed by atoms with van der Waals surface area (Å²) in [5.74, 6) is 0.632. The Hall–Kier alpha value is -3.09. The molecule has 1 aliphatic rings. The molecule has 28 heavy (non-hydrogen) atoms. The van der Waals surface area contributed by atoms with Crippen LogP contribution < -0.4 is 15.5 Å². The van der Waals surface area contributed by atoms with Crippen LogP contribution in [0.4, 0.5) is 16.2 Å². The molecule has 0 aliphatic carbocycles. The lowest BCUT2D eigenvalue weighted by Gasteiger charge is -2.22. The molecule has 4 rings (SSSR count). The number of nitrogens with zero attached hydrogens (tertiary/aromatic N) is 4. The summed E-state index contributed by atoms with van der Waals surface area (Å²) in [6, 6.07) is 7.53. The van der Waals surface area contributed by atoms with Gasteiger partial charge in [-0.1, -0.05) is 13.0 Å². The number of amides is 2. The average Bonchev–Trinajstić information content (AvgIpc) is 3.37. The summed E-state index contributed by atoms with van der Waals surface area (Å²) in [6.07, 6.45) is 8.72. The highest BCUT2D eigenvalue weighted by atomic mass is 16.2. The van der Waals surface area contributed by atoms with E-state index in [-0.39, 0.29) is 12.1 Å². The fourth-order valence-corrected chi connectivity index (χ4v) is 3.78. The number of carbonyl (C=O) groups is 1. The van der Waals surface area contributed by atoms with Crippen LogP contribution in [-0.4, -0.2) is 33.5 Å². The van der Waals surface area contributed by atoms with Gasteiger partial charge in [-0.25, -0.2) is 14.8 Å². The number of benzene rings is 1. The molecule has 3 aromatic rings. The lowest BCUT2D eigenvalue weighted by Crippen LogP contribution is -2.33. The molecule has 7 nitrogen and oxygen atoms in total. The molecule has 1 saturated heterocycles. The summed E-state index contributed by atoms with van der Waals surface area (Å²) < 4.78 is 1.86. The molecule has 2 amide bonds. The minimum atomic E-state index is -0.224. The van der Waals surface area contributed by atoms with Crippen LogP contribution in [0.1, 0.15) is 43.5 Å². The number of carbonyl (C=O) groups excluding carboxylic acids is 1. The smallest absolute Gasteiger partial charge is 0.319 e. The maximum Gasteiger partial charge on any atom is 0.319 e. The zero-order valence-electron chi connectivity index (χ0n) is 16.4. The quantitative estimate of drug-likeness (QED) is 0.706. The van der Waals surface area contributed by atoms with Crippen LogP contribution in [0.5, 0.6) is 0 Å². The van der Waals surface area contributed by atoms with Gasteiger partial charge >= 0.3 is 6.03 Å². The number of hydrogen-bond donors (Lipinski definition) is 2. The van der Waals surface area contributed by atoms with E-state index in [1.165, 1.54) is 18.5 Å². The largest absolute Gasteiger partial charge is 0.371 e. The number of fused-ring (bicyclic) bond motifs is 1. The Kier molecular flexibility index (Phi) is 5.14. The van der Waals surface area contributed by atoms with E-state index < -0.39 is 0 Å². The number of imidazole rings is 1. The standard InChI is InChI=1S/C21H26N6O/c1-3-16(18-14-27-13-7-10-22-20(27)23-18)24-21(28)25-17-8-6-9-19(15(17)2)26-11-4-5-12-26/h6-10,13-14,16H,3-5,11-12H2,1-2H3,(H2,24,25,28). The molecule has 146 valence electrons. The zero-order chi connectivity index (χ0) is 19.5. The molecule has 1 unspecified atom stereocenters. The Bertz CT molecular complexity index is 943. The molecule has 3 heterocycles. The van der Waals surface area contributed by atoms with Crippen LogP contribution >= 0.6 is 0 Å². The predicted molar refractivity (Wildman–Crippen MR) is 111 cm³/mol. The van der Waals surface area contributed by atoms with Gasteiger partial charge in [0.15, 0.2) is 0 Å². The molecule has 0 saturated carbocycles. The summed E-state index contributed by atoms with van der Waals surface area (Å²) >= 11 is 0. The normalized spacial score (nSPS) is 15.0. The predicted octanol–water partition coefficient (Wildman–Crippen LogP) is 3.91. The van der Waals surface area contributed by atoms with Gasteiger partial charge < -0.3 is 15.5 Å². The van der Waals surface area contributed by atoms with Crippen LogP contribution in [0, 0.1) is 6.92 Å². The van der Waals surface area contributed by atoms with E-state index in [4.69, 9.17) is 0 Å². The van der Waals surface area contributed by atoms with Gasteiger partial charge in [0.1, 0.15) is 0 Å². The first-order valence-corrected chi connectivity index (χ1v) is 9.87. The van der Waals surface area contributed by atoms with E-state index in [0.717, 1.165) is 36.5 Å².